The molecule has 8 rings (SSSR count). The third kappa shape index (κ3) is 4.16. The van der Waals surface area contributed by atoms with Crippen LogP contribution in [-0.4, -0.2) is 86.0 Å². The van der Waals surface area contributed by atoms with Gasteiger partial charge in [-0.15, -0.1) is 0 Å². The van der Waals surface area contributed by atoms with Gasteiger partial charge < -0.3 is 44.3 Å². The van der Waals surface area contributed by atoms with Crippen LogP contribution in [-0.2, 0) is 40.5 Å². The molecule has 12 atom stereocenters. The summed E-state index contributed by atoms with van der Waals surface area (Å²) in [5.74, 6) is -0.971. The first-order valence-corrected chi connectivity index (χ1v) is 17.4. The van der Waals surface area contributed by atoms with Crippen LogP contribution in [0.3, 0.4) is 0 Å². The molecular weight excluding hydrogens is 602 g/mol. The summed E-state index contributed by atoms with van der Waals surface area (Å²) in [6.45, 7) is 15.8. The van der Waals surface area contributed by atoms with Gasteiger partial charge in [-0.1, -0.05) is 24.6 Å². The zero-order valence-corrected chi connectivity index (χ0v) is 28.9. The van der Waals surface area contributed by atoms with Gasteiger partial charge in [0, 0.05) is 23.1 Å². The van der Waals surface area contributed by atoms with E-state index < -0.39 is 69.8 Å². The van der Waals surface area contributed by atoms with Crippen LogP contribution in [0.2, 0.25) is 0 Å². The molecule has 0 bridgehead atoms. The second-order valence-corrected chi connectivity index (χ2v) is 17.2. The maximum Gasteiger partial charge on any atom is 0.261 e. The predicted octanol–water partition coefficient (Wildman–Crippen LogP) is 4.02. The standard InChI is InChI=1S/C37H51NO9/c1-19(2)16-25-44-27-28(32(5,6)46-25)43-23-13-14-33(7)34(8,40)21(12-15-36(33,42)37(23)29(27)47-37)18-35(41)26-20(17-24-31(3,4)45-24)10-9-11-22(26)38-30(35)39/h9-11,16,21,23-25,27-29,40-42H,12-15,17-18H2,1-8H3,(H,38,39)/t21-,23-,24?,25-,27+,28-,29+,33+,34-,35?,36-,37-/m1/s1. The van der Waals surface area contributed by atoms with Crippen LogP contribution in [0.4, 0.5) is 5.69 Å². The van der Waals surface area contributed by atoms with Crippen LogP contribution >= 0.6 is 0 Å². The molecule has 1 amide bonds. The van der Waals surface area contributed by atoms with E-state index in [1.165, 1.54) is 0 Å². The molecule has 258 valence electrons. The molecule has 0 radical (unpaired) electrons. The minimum absolute atomic E-state index is 0.00136. The Labute approximate surface area is 277 Å². The van der Waals surface area contributed by atoms with Crippen LogP contribution in [0.25, 0.3) is 0 Å². The van der Waals surface area contributed by atoms with E-state index in [1.807, 2.05) is 72.7 Å². The highest BCUT2D eigenvalue weighted by molar-refractivity contribution is 6.05. The molecule has 5 heterocycles. The number of benzene rings is 1. The van der Waals surface area contributed by atoms with E-state index in [9.17, 15) is 20.1 Å². The fourth-order valence-electron chi connectivity index (χ4n) is 10.4. The van der Waals surface area contributed by atoms with E-state index >= 15 is 0 Å². The SMILES string of the molecule is CC(C)=C[C@@H]1O[C@H]2[C@@H](O[C@@H]3CC[C@]4(C)[C@](O)(CC[C@H](CC5(O)C(=O)Nc6cccc(CC7OC7(C)C)c65)[C@@]4(C)O)[C@@]34O[C@@H]24)C(C)(C)O1. The third-order valence-corrected chi connectivity index (χ3v) is 13.5. The van der Waals surface area contributed by atoms with E-state index in [1.54, 1.807) is 6.92 Å². The number of allylic oxidation sites excluding steroid dienone is 1. The van der Waals surface area contributed by atoms with Crippen molar-refractivity contribution in [2.75, 3.05) is 5.32 Å². The number of aliphatic hydroxyl groups is 3. The molecule has 0 aromatic heterocycles. The Kier molecular flexibility index (Phi) is 6.64. The number of anilines is 1. The van der Waals surface area contributed by atoms with Crippen molar-refractivity contribution in [2.45, 2.75) is 164 Å². The molecule has 2 aliphatic carbocycles. The second-order valence-electron chi connectivity index (χ2n) is 17.2. The number of hydrogen-bond acceptors (Lipinski definition) is 9. The topological polar surface area (TPSA) is 143 Å². The van der Waals surface area contributed by atoms with Crippen LogP contribution in [0, 0.1) is 11.3 Å². The van der Waals surface area contributed by atoms with Crippen LogP contribution in [0.15, 0.2) is 29.8 Å². The predicted molar refractivity (Wildman–Crippen MR) is 171 cm³/mol. The lowest BCUT2D eigenvalue weighted by Crippen LogP contribution is -2.78. The first-order valence-electron chi connectivity index (χ1n) is 17.4. The number of fused-ring (bicyclic) bond motifs is 4. The first-order chi connectivity index (χ1) is 21.8. The fraction of sp³-hybridized carbons (Fsp3) is 0.757. The summed E-state index contributed by atoms with van der Waals surface area (Å²) in [5, 5.41) is 40.8. The van der Waals surface area contributed by atoms with Gasteiger partial charge in [-0.3, -0.25) is 4.79 Å². The van der Waals surface area contributed by atoms with Gasteiger partial charge in [0.25, 0.3) is 5.91 Å². The number of nitrogens with one attached hydrogen (secondary N) is 1. The maximum absolute atomic E-state index is 13.6. The molecule has 5 aliphatic heterocycles. The Morgan fingerprint density at radius 1 is 0.936 bits per heavy atom. The van der Waals surface area contributed by atoms with Crippen LogP contribution in [0.5, 0.6) is 0 Å². The molecule has 4 N–H and O–H groups in total. The Morgan fingerprint density at radius 2 is 1.66 bits per heavy atom. The number of epoxide rings is 2. The van der Waals surface area contributed by atoms with Crippen molar-refractivity contribution in [1.29, 1.82) is 0 Å². The Hall–Kier alpha value is -1.89. The number of carbonyl (C=O) groups excluding carboxylic acids is 1. The summed E-state index contributed by atoms with van der Waals surface area (Å²) in [6, 6.07) is 5.65. The van der Waals surface area contributed by atoms with Gasteiger partial charge in [-0.25, -0.2) is 0 Å². The minimum Gasteiger partial charge on any atom is -0.389 e. The van der Waals surface area contributed by atoms with Crippen molar-refractivity contribution in [3.8, 4) is 0 Å². The lowest BCUT2D eigenvalue weighted by molar-refractivity contribution is -0.350. The molecule has 10 heteroatoms. The minimum atomic E-state index is -1.83. The smallest absolute Gasteiger partial charge is 0.261 e. The Morgan fingerprint density at radius 3 is 2.34 bits per heavy atom. The van der Waals surface area contributed by atoms with Crippen LogP contribution in [0.1, 0.15) is 98.6 Å². The van der Waals surface area contributed by atoms with Crippen molar-refractivity contribution in [1.82, 2.24) is 0 Å². The van der Waals surface area contributed by atoms with Crippen molar-refractivity contribution >= 4 is 11.6 Å². The molecule has 47 heavy (non-hydrogen) atoms. The number of amides is 1. The summed E-state index contributed by atoms with van der Waals surface area (Å²) >= 11 is 0. The van der Waals surface area contributed by atoms with Gasteiger partial charge in [-0.2, -0.15) is 0 Å². The zero-order valence-electron chi connectivity index (χ0n) is 28.9. The second kappa shape index (κ2) is 9.66. The molecule has 1 aromatic carbocycles. The quantitative estimate of drug-likeness (QED) is 0.274. The highest BCUT2D eigenvalue weighted by Crippen LogP contribution is 2.72. The van der Waals surface area contributed by atoms with Crippen molar-refractivity contribution < 1.29 is 43.8 Å². The molecule has 10 nitrogen and oxygen atoms in total. The van der Waals surface area contributed by atoms with Gasteiger partial charge in [0.05, 0.1) is 29.0 Å². The van der Waals surface area contributed by atoms with E-state index in [-0.39, 0.29) is 24.2 Å². The highest BCUT2D eigenvalue weighted by Gasteiger charge is 2.87. The zero-order chi connectivity index (χ0) is 33.7. The molecule has 1 aromatic rings. The third-order valence-electron chi connectivity index (χ3n) is 13.5. The summed E-state index contributed by atoms with van der Waals surface area (Å²) in [6.07, 6.45) is 2.11. The van der Waals surface area contributed by atoms with Crippen LogP contribution < -0.4 is 5.32 Å². The van der Waals surface area contributed by atoms with Crippen molar-refractivity contribution in [3.63, 3.8) is 0 Å². The number of hydrogen-bond donors (Lipinski definition) is 4. The van der Waals surface area contributed by atoms with Gasteiger partial charge in [0.15, 0.2) is 17.5 Å². The van der Waals surface area contributed by atoms with Gasteiger partial charge >= 0.3 is 0 Å². The number of rotatable bonds is 5. The van der Waals surface area contributed by atoms with E-state index in [0.717, 1.165) is 11.1 Å². The molecular formula is C37H51NO9. The molecule has 1 spiro atoms. The summed E-state index contributed by atoms with van der Waals surface area (Å²) in [5.41, 5.74) is -4.57. The first kappa shape index (κ1) is 32.3. The lowest BCUT2D eigenvalue weighted by Gasteiger charge is -2.66. The normalized spacial score (nSPS) is 49.8. The average Bonchev–Trinajstić information content (AvgIpc) is 3.83. The number of carbonyl (C=O) groups is 1. The van der Waals surface area contributed by atoms with Gasteiger partial charge in [0.1, 0.15) is 23.9 Å². The van der Waals surface area contributed by atoms with E-state index in [0.29, 0.717) is 43.4 Å². The van der Waals surface area contributed by atoms with Crippen molar-refractivity contribution in [3.05, 3.63) is 41.0 Å². The Balaban J connectivity index is 1.10. The van der Waals surface area contributed by atoms with Gasteiger partial charge in [0.2, 0.25) is 0 Å². The molecule has 2 unspecified atom stereocenters. The van der Waals surface area contributed by atoms with Crippen molar-refractivity contribution in [2.24, 2.45) is 11.3 Å². The van der Waals surface area contributed by atoms with E-state index in [2.05, 4.69) is 5.32 Å². The highest BCUT2D eigenvalue weighted by atomic mass is 16.8. The molecule has 6 fully saturated rings. The van der Waals surface area contributed by atoms with Gasteiger partial charge in [-0.05, 0) is 104 Å². The average molecular weight is 654 g/mol. The largest absolute Gasteiger partial charge is 0.389 e. The van der Waals surface area contributed by atoms with E-state index in [4.69, 9.17) is 23.7 Å². The summed E-state index contributed by atoms with van der Waals surface area (Å²) in [4.78, 5) is 13.6. The number of ether oxygens (including phenoxy) is 5. The monoisotopic (exact) mass is 653 g/mol. The maximum atomic E-state index is 13.6. The molecule has 4 saturated heterocycles. The molecule has 2 saturated carbocycles. The summed E-state index contributed by atoms with van der Waals surface area (Å²) in [7, 11) is 0. The summed E-state index contributed by atoms with van der Waals surface area (Å²) < 4.78 is 32.0. The Bertz CT molecular complexity index is 1550. The lowest BCUT2D eigenvalue weighted by atomic mass is 9.43. The fourth-order valence-corrected chi connectivity index (χ4v) is 10.4. The molecule has 7 aliphatic rings.